The molecule has 0 saturated heterocycles. The van der Waals surface area contributed by atoms with Crippen LogP contribution in [0.5, 0.6) is 0 Å². The second-order valence-electron chi connectivity index (χ2n) is 0.894. The van der Waals surface area contributed by atoms with Gasteiger partial charge < -0.3 is 0 Å². The summed E-state index contributed by atoms with van der Waals surface area (Å²) in [7, 11) is 0. The Hall–Kier alpha value is -1.43. The van der Waals surface area contributed by atoms with Crippen LogP contribution >= 0.6 is 0 Å². The zero-order chi connectivity index (χ0) is 6.24. The van der Waals surface area contributed by atoms with Crippen LogP contribution < -0.4 is 0 Å². The third-order valence-corrected chi connectivity index (χ3v) is 0.478. The maximum Gasteiger partial charge on any atom is 0.0462 e. The van der Waals surface area contributed by atoms with Crippen molar-refractivity contribution in [2.24, 2.45) is 0 Å². The van der Waals surface area contributed by atoms with Crippen LogP contribution in [0.15, 0.2) is 24.8 Å². The molecule has 1 rings (SSSR count). The van der Waals surface area contributed by atoms with E-state index in [4.69, 9.17) is 5.26 Å². The van der Waals surface area contributed by atoms with Crippen molar-refractivity contribution in [3.63, 3.8) is 0 Å². The molecule has 0 aliphatic heterocycles. The van der Waals surface area contributed by atoms with E-state index < -0.39 is 0 Å². The molecule has 0 aliphatic carbocycles. The van der Waals surface area contributed by atoms with Gasteiger partial charge in [0.05, 0.1) is 0 Å². The van der Waals surface area contributed by atoms with E-state index in [9.17, 15) is 0 Å². The van der Waals surface area contributed by atoms with Crippen molar-refractivity contribution in [2.45, 2.75) is 0 Å². The highest BCUT2D eigenvalue weighted by atomic mass is 14.7. The maximum atomic E-state index is 6.50. The van der Waals surface area contributed by atoms with Crippen molar-refractivity contribution in [2.75, 3.05) is 0 Å². The fraction of sp³-hybridized carbons (Fsp3) is 0. The van der Waals surface area contributed by atoms with E-state index >= 15 is 0 Å². The highest BCUT2D eigenvalue weighted by Gasteiger charge is 1.59. The normalized spacial score (nSPS) is 6.25. The van der Waals surface area contributed by atoms with Crippen LogP contribution in [0, 0.1) is 11.8 Å². The lowest BCUT2D eigenvalue weighted by Crippen LogP contribution is -1.66. The summed E-state index contributed by atoms with van der Waals surface area (Å²) in [5.41, 5.74) is 0. The second-order valence-corrected chi connectivity index (χ2v) is 0.894. The Morgan fingerprint density at radius 1 is 0.875 bits per heavy atom. The van der Waals surface area contributed by atoms with E-state index in [0.29, 0.717) is 0 Å². The molecule has 0 spiro atoms. The van der Waals surface area contributed by atoms with Gasteiger partial charge in [-0.1, -0.05) is 0 Å². The van der Waals surface area contributed by atoms with Crippen molar-refractivity contribution in [1.29, 1.82) is 5.26 Å². The van der Waals surface area contributed by atoms with E-state index in [1.165, 1.54) is 0 Å². The van der Waals surface area contributed by atoms with Gasteiger partial charge in [-0.15, -0.1) is 0 Å². The van der Waals surface area contributed by atoms with Crippen LogP contribution in [0.3, 0.4) is 0 Å². The minimum absolute atomic E-state index is 1.64. The topological polar surface area (TPSA) is 49.6 Å². The van der Waals surface area contributed by atoms with Gasteiger partial charge in [0.2, 0.25) is 0 Å². The summed E-state index contributed by atoms with van der Waals surface area (Å²) in [6, 6.07) is 0. The van der Waals surface area contributed by atoms with Crippen LogP contribution in [0.4, 0.5) is 0 Å². The van der Waals surface area contributed by atoms with E-state index in [2.05, 4.69) is 16.5 Å². The number of nitrogens with zero attached hydrogens (tertiary/aromatic N) is 3. The highest BCUT2D eigenvalue weighted by Crippen LogP contribution is 1.65. The number of rotatable bonds is 0. The molecule has 3 heteroatoms. The summed E-state index contributed by atoms with van der Waals surface area (Å²) in [6.45, 7) is 3.50. The summed E-state index contributed by atoms with van der Waals surface area (Å²) >= 11 is 0. The van der Waals surface area contributed by atoms with Crippen LogP contribution in [0.2, 0.25) is 0 Å². The van der Waals surface area contributed by atoms with Gasteiger partial charge in [-0.25, -0.2) is 5.26 Å². The molecule has 40 valence electrons. The van der Waals surface area contributed by atoms with Gasteiger partial charge in [0.1, 0.15) is 0 Å². The van der Waals surface area contributed by atoms with E-state index in [1.54, 1.807) is 24.8 Å². The molecular weight excluding hydrogens is 102 g/mol. The van der Waals surface area contributed by atoms with Gasteiger partial charge in [0.25, 0.3) is 0 Å². The van der Waals surface area contributed by atoms with Gasteiger partial charge >= 0.3 is 0 Å². The second kappa shape index (κ2) is 5.57. The largest absolute Gasteiger partial charge is 0.262 e. The van der Waals surface area contributed by atoms with E-state index in [1.807, 2.05) is 0 Å². The zero-order valence-electron chi connectivity index (χ0n) is 4.23. The molecule has 1 aromatic heterocycles. The van der Waals surface area contributed by atoms with Crippen LogP contribution in [0.1, 0.15) is 0 Å². The van der Waals surface area contributed by atoms with Crippen molar-refractivity contribution in [3.05, 3.63) is 24.8 Å². The molecule has 1 aromatic rings. The number of hydrogen-bond donors (Lipinski definition) is 0. The fourth-order valence-electron chi connectivity index (χ4n) is 0.253. The van der Waals surface area contributed by atoms with Gasteiger partial charge in [-0.05, 0) is 0 Å². The minimum atomic E-state index is 1.64. The van der Waals surface area contributed by atoms with E-state index in [0.717, 1.165) is 0 Å². The third kappa shape index (κ3) is 2.79. The molecule has 0 bridgehead atoms. The van der Waals surface area contributed by atoms with Crippen molar-refractivity contribution in [1.82, 2.24) is 9.97 Å². The first-order chi connectivity index (χ1) is 4.00. The Kier molecular flexibility index (Phi) is 4.57. The average molecular weight is 107 g/mol. The molecule has 0 atom stereocenters. The van der Waals surface area contributed by atoms with Gasteiger partial charge in [-0.2, -0.15) is 0 Å². The Bertz CT molecular complexity index is 108. The molecule has 0 aromatic carbocycles. The number of aromatic nitrogens is 2. The van der Waals surface area contributed by atoms with Crippen molar-refractivity contribution < 1.29 is 0 Å². The lowest BCUT2D eigenvalue weighted by Gasteiger charge is -1.70. The van der Waals surface area contributed by atoms with Gasteiger partial charge in [0, 0.05) is 31.4 Å². The quantitative estimate of drug-likeness (QED) is 0.488. The first-order valence-electron chi connectivity index (χ1n) is 1.96. The summed E-state index contributed by atoms with van der Waals surface area (Å²) in [5, 5.41) is 6.50. The SMILES string of the molecule is C#N.c1cnccn1. The summed E-state index contributed by atoms with van der Waals surface area (Å²) < 4.78 is 0. The average Bonchev–Trinajstić information content (AvgIpc) is 1.96. The molecule has 1 heterocycles. The molecule has 0 radical (unpaired) electrons. The first-order valence-corrected chi connectivity index (χ1v) is 1.96. The lowest BCUT2D eigenvalue weighted by atomic mass is 10.8. The van der Waals surface area contributed by atoms with Crippen molar-refractivity contribution >= 4 is 0 Å². The van der Waals surface area contributed by atoms with E-state index in [-0.39, 0.29) is 0 Å². The summed E-state index contributed by atoms with van der Waals surface area (Å²) in [4.78, 5) is 7.44. The lowest BCUT2D eigenvalue weighted by molar-refractivity contribution is 1.20. The molecule has 8 heavy (non-hydrogen) atoms. The zero-order valence-corrected chi connectivity index (χ0v) is 4.23. The number of hydrogen-bond acceptors (Lipinski definition) is 3. The predicted octanol–water partition coefficient (Wildman–Crippen LogP) is 0.616. The Labute approximate surface area is 47.6 Å². The molecule has 0 N–H and O–H groups in total. The fourth-order valence-corrected chi connectivity index (χ4v) is 0.253. The monoisotopic (exact) mass is 107 g/mol. The molecule has 0 aliphatic rings. The Morgan fingerprint density at radius 2 is 1.12 bits per heavy atom. The molecule has 0 amide bonds. The highest BCUT2D eigenvalue weighted by molar-refractivity contribution is 4.70. The minimum Gasteiger partial charge on any atom is -0.262 e. The van der Waals surface area contributed by atoms with Gasteiger partial charge in [-0.3, -0.25) is 9.97 Å². The maximum absolute atomic E-state index is 6.50. The van der Waals surface area contributed by atoms with Crippen molar-refractivity contribution in [3.8, 4) is 6.57 Å². The molecule has 0 fully saturated rings. The standard InChI is InChI=1S/C4H4N2.CHN/c1-2-6-4-3-5-1;1-2/h1-4H;1H. The Morgan fingerprint density at radius 3 is 1.25 bits per heavy atom. The molecular formula is C5H5N3. The predicted molar refractivity (Wildman–Crippen MR) is 28.7 cm³/mol. The Balaban J connectivity index is 0.000000222. The van der Waals surface area contributed by atoms with Crippen LogP contribution in [-0.4, -0.2) is 9.97 Å². The van der Waals surface area contributed by atoms with Crippen LogP contribution in [0.25, 0.3) is 0 Å². The molecule has 3 nitrogen and oxygen atoms in total. The number of nitriles is 1. The van der Waals surface area contributed by atoms with Crippen LogP contribution in [-0.2, 0) is 0 Å². The summed E-state index contributed by atoms with van der Waals surface area (Å²) in [5.74, 6) is 0. The smallest absolute Gasteiger partial charge is 0.0462 e. The summed E-state index contributed by atoms with van der Waals surface area (Å²) in [6.07, 6.45) is 6.56. The molecule has 0 saturated carbocycles. The first kappa shape index (κ1) is 6.57. The van der Waals surface area contributed by atoms with Gasteiger partial charge in [0.15, 0.2) is 0 Å². The molecule has 0 unspecified atom stereocenters. The third-order valence-electron chi connectivity index (χ3n) is 0.478.